The molecule has 0 amide bonds. The van der Waals surface area contributed by atoms with E-state index in [9.17, 15) is 19.8 Å². The predicted molar refractivity (Wildman–Crippen MR) is 60.8 cm³/mol. The van der Waals surface area contributed by atoms with Crippen LogP contribution in [-0.4, -0.2) is 11.9 Å². The number of hydrogen-bond donors (Lipinski definition) is 0. The van der Waals surface area contributed by atoms with Gasteiger partial charge in [-0.25, -0.2) is 0 Å². The third kappa shape index (κ3) is 50.8. The summed E-state index contributed by atoms with van der Waals surface area (Å²) < 4.78 is 0. The number of carboxylic acids is 2. The van der Waals surface area contributed by atoms with Crippen LogP contribution in [0.1, 0.15) is 27.7 Å². The summed E-state index contributed by atoms with van der Waals surface area (Å²) in [4.78, 5) is 19.2. The summed E-state index contributed by atoms with van der Waals surface area (Å²) in [5.74, 6) is -2.67. The van der Waals surface area contributed by atoms with Crippen molar-refractivity contribution in [3.63, 3.8) is 0 Å². The van der Waals surface area contributed by atoms with Crippen LogP contribution in [-0.2, 0) is 26.4 Å². The largest absolute Gasteiger partial charge is 3.00 e. The Balaban J connectivity index is -0.0000000182. The molecule has 0 saturated heterocycles. The van der Waals surface area contributed by atoms with Gasteiger partial charge in [0.25, 0.3) is 0 Å². The molecule has 0 bridgehead atoms. The standard InChI is InChI=1S/2C4H8O2.Co.4H2N/c2*1-3(2)4(5)6;;;;;/h2*3H,1-2H3,(H,5,6);;4*1H2/q;;+3;4*-1/p-2. The molecule has 0 radical (unpaired) electrons. The van der Waals surface area contributed by atoms with E-state index in [0.29, 0.717) is 0 Å². The number of carbonyl (C=O) groups excluding carboxylic acids is 2. The Bertz CT molecular complexity index is 150. The van der Waals surface area contributed by atoms with Crippen molar-refractivity contribution >= 4 is 11.9 Å². The molecule has 0 unspecified atom stereocenters. The molecule has 0 aliphatic carbocycles. The minimum atomic E-state index is -0.991. The van der Waals surface area contributed by atoms with Crippen LogP contribution in [0.4, 0.5) is 0 Å². The molecule has 0 fully saturated rings. The smallest absolute Gasteiger partial charge is 0.693 e. The van der Waals surface area contributed by atoms with Crippen molar-refractivity contribution in [2.75, 3.05) is 0 Å². The number of nitrogens with two attached hydrogens (primary N) is 4. The van der Waals surface area contributed by atoms with E-state index in [1.165, 1.54) is 0 Å². The van der Waals surface area contributed by atoms with Crippen molar-refractivity contribution < 1.29 is 36.6 Å². The fourth-order valence-electron chi connectivity index (χ4n) is 0. The average Bonchev–Trinajstić information content (AvgIpc) is 1.88. The zero-order valence-corrected chi connectivity index (χ0v) is 11.5. The zero-order valence-electron chi connectivity index (χ0n) is 10.4. The summed E-state index contributed by atoms with van der Waals surface area (Å²) in [6.07, 6.45) is 0. The van der Waals surface area contributed by atoms with Gasteiger partial charge in [-0.05, 0) is 11.8 Å². The summed E-state index contributed by atoms with van der Waals surface area (Å²) in [5.41, 5.74) is 0. The summed E-state index contributed by atoms with van der Waals surface area (Å²) in [6, 6.07) is 0. The molecule has 0 aromatic rings. The first-order valence-electron chi connectivity index (χ1n) is 3.70. The second kappa shape index (κ2) is 24.5. The monoisotopic (exact) mass is 297 g/mol. The molecule has 0 spiro atoms. The Morgan fingerprint density at radius 3 is 0.765 bits per heavy atom. The van der Waals surface area contributed by atoms with E-state index in [4.69, 9.17) is 0 Å². The third-order valence-corrected chi connectivity index (χ3v) is 0.943. The van der Waals surface area contributed by atoms with Gasteiger partial charge < -0.3 is 44.4 Å². The Morgan fingerprint density at radius 2 is 0.765 bits per heavy atom. The van der Waals surface area contributed by atoms with Gasteiger partial charge in [0, 0.05) is 11.9 Å². The maximum absolute atomic E-state index is 9.59. The van der Waals surface area contributed by atoms with Crippen molar-refractivity contribution in [3.8, 4) is 0 Å². The Kier molecular flexibility index (Phi) is 63.6. The van der Waals surface area contributed by atoms with Gasteiger partial charge in [0.15, 0.2) is 0 Å². The van der Waals surface area contributed by atoms with Crippen molar-refractivity contribution in [2.45, 2.75) is 27.7 Å². The molecule has 110 valence electrons. The fraction of sp³-hybridized carbons (Fsp3) is 0.750. The van der Waals surface area contributed by atoms with Crippen LogP contribution >= 0.6 is 0 Å². The second-order valence-corrected chi connectivity index (χ2v) is 2.95. The van der Waals surface area contributed by atoms with E-state index in [-0.39, 0.29) is 53.2 Å². The van der Waals surface area contributed by atoms with Crippen LogP contribution in [0.25, 0.3) is 24.6 Å². The SMILES string of the molecule is CC(C)C(=O)[O-].CC(C)C(=O)[O-].[Co+3].[NH2-].[NH2-].[NH2-].[NH2-]. The summed E-state index contributed by atoms with van der Waals surface area (Å²) in [7, 11) is 0. The average molecular weight is 297 g/mol. The minimum Gasteiger partial charge on any atom is -0.693 e. The molecule has 0 rings (SSSR count). The van der Waals surface area contributed by atoms with Crippen molar-refractivity contribution in [3.05, 3.63) is 24.6 Å². The van der Waals surface area contributed by atoms with E-state index >= 15 is 0 Å². The zero-order chi connectivity index (χ0) is 10.3. The Morgan fingerprint density at radius 1 is 0.706 bits per heavy atom. The third-order valence-electron chi connectivity index (χ3n) is 0.943. The topological polar surface area (TPSA) is 214 Å². The van der Waals surface area contributed by atoms with Crippen LogP contribution in [0, 0.1) is 11.8 Å². The first-order chi connectivity index (χ1) is 5.29. The van der Waals surface area contributed by atoms with Gasteiger partial charge in [-0.2, -0.15) is 0 Å². The molecule has 0 aliphatic heterocycles. The van der Waals surface area contributed by atoms with Gasteiger partial charge in [0.1, 0.15) is 0 Å². The Labute approximate surface area is 113 Å². The summed E-state index contributed by atoms with van der Waals surface area (Å²) in [5, 5.41) is 19.2. The van der Waals surface area contributed by atoms with Crippen LogP contribution in [0.3, 0.4) is 0 Å². The minimum absolute atomic E-state index is 0. The van der Waals surface area contributed by atoms with Crippen LogP contribution in [0.5, 0.6) is 0 Å². The van der Waals surface area contributed by atoms with Crippen molar-refractivity contribution in [1.29, 1.82) is 0 Å². The molecule has 8 nitrogen and oxygen atoms in total. The van der Waals surface area contributed by atoms with Gasteiger partial charge in [0.2, 0.25) is 0 Å². The number of carbonyl (C=O) groups is 2. The fourth-order valence-corrected chi connectivity index (χ4v) is 0. The molecular weight excluding hydrogens is 275 g/mol. The maximum Gasteiger partial charge on any atom is 3.00 e. The Hall–Kier alpha value is -0.714. The molecule has 17 heavy (non-hydrogen) atoms. The summed E-state index contributed by atoms with van der Waals surface area (Å²) >= 11 is 0. The summed E-state index contributed by atoms with van der Waals surface area (Å²) in [6.45, 7) is 6.31. The molecular formula is C8H22CoN4O4-3. The van der Waals surface area contributed by atoms with E-state index in [2.05, 4.69) is 0 Å². The van der Waals surface area contributed by atoms with Gasteiger partial charge in [0.05, 0.1) is 0 Å². The maximum atomic E-state index is 9.59. The number of carboxylic acid groups (broad SMARTS) is 2. The number of aliphatic carboxylic acids is 2. The quantitative estimate of drug-likeness (QED) is 0.741. The molecule has 0 saturated carbocycles. The van der Waals surface area contributed by atoms with Crippen LogP contribution < -0.4 is 10.2 Å². The van der Waals surface area contributed by atoms with E-state index < -0.39 is 11.9 Å². The van der Waals surface area contributed by atoms with Gasteiger partial charge >= 0.3 is 16.8 Å². The van der Waals surface area contributed by atoms with Gasteiger partial charge in [-0.3, -0.25) is 0 Å². The van der Waals surface area contributed by atoms with E-state index in [1.807, 2.05) is 0 Å². The first kappa shape index (κ1) is 44.1. The van der Waals surface area contributed by atoms with Gasteiger partial charge in [-0.1, -0.05) is 27.7 Å². The van der Waals surface area contributed by atoms with Gasteiger partial charge in [-0.15, -0.1) is 0 Å². The first-order valence-corrected chi connectivity index (χ1v) is 3.70. The number of rotatable bonds is 2. The normalized spacial score (nSPS) is 6.47. The molecule has 8 N–H and O–H groups in total. The molecule has 0 aliphatic rings. The van der Waals surface area contributed by atoms with E-state index in [1.54, 1.807) is 27.7 Å². The molecule has 0 heterocycles. The molecule has 0 atom stereocenters. The molecule has 9 heteroatoms. The van der Waals surface area contributed by atoms with Crippen molar-refractivity contribution in [1.82, 2.24) is 0 Å². The molecule has 0 aromatic heterocycles. The van der Waals surface area contributed by atoms with E-state index in [0.717, 1.165) is 0 Å². The van der Waals surface area contributed by atoms with Crippen LogP contribution in [0.15, 0.2) is 0 Å². The predicted octanol–water partition coefficient (Wildman–Crippen LogP) is 1.65. The second-order valence-electron chi connectivity index (χ2n) is 2.95. The molecule has 0 aromatic carbocycles. The van der Waals surface area contributed by atoms with Crippen molar-refractivity contribution in [2.24, 2.45) is 11.8 Å². The number of hydrogen-bond acceptors (Lipinski definition) is 4. The van der Waals surface area contributed by atoms with Crippen LogP contribution in [0.2, 0.25) is 0 Å².